The molecule has 3 heteroatoms. The fraction of sp³-hybridized carbons (Fsp3) is 0.222. The second-order valence-electron chi connectivity index (χ2n) is 2.41. The van der Waals surface area contributed by atoms with Gasteiger partial charge in [-0.15, -0.1) is 0 Å². The quantitative estimate of drug-likeness (QED) is 0.727. The first-order chi connectivity index (χ1) is 5.90. The van der Waals surface area contributed by atoms with E-state index in [0.717, 1.165) is 11.3 Å². The van der Waals surface area contributed by atoms with E-state index in [4.69, 9.17) is 4.74 Å². The van der Waals surface area contributed by atoms with Crippen LogP contribution < -0.4 is 4.74 Å². The third-order valence-corrected chi connectivity index (χ3v) is 3.31. The molecule has 1 aromatic heterocycles. The summed E-state index contributed by atoms with van der Waals surface area (Å²) in [4.78, 5) is 4.26. The summed E-state index contributed by atoms with van der Waals surface area (Å²) >= 11 is 0.445. The minimum absolute atomic E-state index is 0.445. The number of benzene rings is 1. The molecule has 62 valence electrons. The Labute approximate surface area is 76.9 Å². The van der Waals surface area contributed by atoms with Crippen LogP contribution in [-0.4, -0.2) is 26.1 Å². The van der Waals surface area contributed by atoms with Crippen molar-refractivity contribution in [2.75, 3.05) is 6.61 Å². The summed E-state index contributed by atoms with van der Waals surface area (Å²) in [5, 5.41) is 1.99. The van der Waals surface area contributed by atoms with Crippen molar-refractivity contribution in [1.82, 2.24) is 4.98 Å². The first kappa shape index (κ1) is 7.84. The molecule has 0 aliphatic carbocycles. The molecule has 0 N–H and O–H groups in total. The first-order valence-corrected chi connectivity index (χ1v) is 5.71. The van der Waals surface area contributed by atoms with Gasteiger partial charge in [-0.3, -0.25) is 0 Å². The van der Waals surface area contributed by atoms with Gasteiger partial charge in [-0.2, -0.15) is 0 Å². The van der Waals surface area contributed by atoms with Crippen LogP contribution in [0, 0.1) is 0 Å². The maximum atomic E-state index is 5.36. The summed E-state index contributed by atoms with van der Waals surface area (Å²) in [5.41, 5.74) is 1.08. The molecule has 0 saturated carbocycles. The molecule has 0 amide bonds. The summed E-state index contributed by atoms with van der Waals surface area (Å²) < 4.78 is 6.72. The fourth-order valence-corrected chi connectivity index (χ4v) is 2.48. The molecule has 0 radical (unpaired) electrons. The van der Waals surface area contributed by atoms with Gasteiger partial charge in [-0.25, -0.2) is 0 Å². The molecular formula is C9H9NOSe. The Morgan fingerprint density at radius 3 is 3.25 bits per heavy atom. The Morgan fingerprint density at radius 2 is 2.42 bits per heavy atom. The van der Waals surface area contributed by atoms with E-state index < -0.39 is 0 Å². The van der Waals surface area contributed by atoms with E-state index in [1.807, 2.05) is 24.1 Å². The van der Waals surface area contributed by atoms with Crippen LogP contribution in [0.3, 0.4) is 0 Å². The predicted octanol–water partition coefficient (Wildman–Crippen LogP) is 1.69. The van der Waals surface area contributed by atoms with E-state index in [-0.39, 0.29) is 0 Å². The van der Waals surface area contributed by atoms with Crippen molar-refractivity contribution in [2.24, 2.45) is 0 Å². The van der Waals surface area contributed by atoms with Gasteiger partial charge in [0.15, 0.2) is 0 Å². The van der Waals surface area contributed by atoms with Gasteiger partial charge in [-0.1, -0.05) is 0 Å². The third-order valence-electron chi connectivity index (χ3n) is 1.61. The zero-order valence-electron chi connectivity index (χ0n) is 6.78. The summed E-state index contributed by atoms with van der Waals surface area (Å²) in [5.74, 6) is 0.922. The van der Waals surface area contributed by atoms with E-state index in [9.17, 15) is 0 Å². The van der Waals surface area contributed by atoms with Gasteiger partial charge in [0.1, 0.15) is 0 Å². The van der Waals surface area contributed by atoms with E-state index in [1.54, 1.807) is 0 Å². The number of nitrogens with zero attached hydrogens (tertiary/aromatic N) is 1. The van der Waals surface area contributed by atoms with E-state index >= 15 is 0 Å². The fourth-order valence-electron chi connectivity index (χ4n) is 1.09. The number of ether oxygens (including phenoxy) is 1. The van der Waals surface area contributed by atoms with Crippen molar-refractivity contribution in [3.8, 4) is 5.75 Å². The van der Waals surface area contributed by atoms with Crippen molar-refractivity contribution in [2.45, 2.75) is 6.92 Å². The van der Waals surface area contributed by atoms with Gasteiger partial charge in [-0.05, 0) is 0 Å². The molecule has 2 nitrogen and oxygen atoms in total. The topological polar surface area (TPSA) is 22.1 Å². The normalized spacial score (nSPS) is 10.4. The van der Waals surface area contributed by atoms with Crippen LogP contribution in [-0.2, 0) is 0 Å². The molecule has 0 saturated heterocycles. The molecule has 1 heterocycles. The Morgan fingerprint density at radius 1 is 1.50 bits per heavy atom. The molecule has 1 aromatic carbocycles. The van der Waals surface area contributed by atoms with E-state index in [2.05, 4.69) is 11.1 Å². The maximum absolute atomic E-state index is 5.36. The average molecular weight is 226 g/mol. The molecule has 0 spiro atoms. The third kappa shape index (κ3) is 1.38. The second kappa shape index (κ2) is 3.30. The Kier molecular flexibility index (Phi) is 2.15. The van der Waals surface area contributed by atoms with Gasteiger partial charge < -0.3 is 0 Å². The molecule has 2 rings (SSSR count). The van der Waals surface area contributed by atoms with E-state index in [1.165, 1.54) is 4.26 Å². The molecule has 0 atom stereocenters. The van der Waals surface area contributed by atoms with Gasteiger partial charge in [0, 0.05) is 0 Å². The first-order valence-electron chi connectivity index (χ1n) is 3.86. The monoisotopic (exact) mass is 227 g/mol. The minimum atomic E-state index is 0.445. The molecule has 0 bridgehead atoms. The van der Waals surface area contributed by atoms with Crippen LogP contribution in [0.2, 0.25) is 0 Å². The number of aromatic nitrogens is 1. The van der Waals surface area contributed by atoms with Gasteiger partial charge in [0.05, 0.1) is 0 Å². The SMILES string of the molecule is CCOc1ccc2[se]cnc2c1. The molecule has 0 aliphatic heterocycles. The Hall–Kier alpha value is -0.791. The summed E-state index contributed by atoms with van der Waals surface area (Å²) in [6, 6.07) is 6.12. The zero-order chi connectivity index (χ0) is 8.39. The Bertz CT molecular complexity index is 383. The predicted molar refractivity (Wildman–Crippen MR) is 49.9 cm³/mol. The number of hydrogen-bond donors (Lipinski definition) is 0. The molecule has 0 fully saturated rings. The zero-order valence-corrected chi connectivity index (χ0v) is 8.49. The summed E-state index contributed by atoms with van der Waals surface area (Å²) in [6.07, 6.45) is 0. The van der Waals surface area contributed by atoms with Crippen LogP contribution in [0.1, 0.15) is 6.92 Å². The van der Waals surface area contributed by atoms with Crippen molar-refractivity contribution in [3.63, 3.8) is 0 Å². The average Bonchev–Trinajstić information content (AvgIpc) is 2.51. The van der Waals surface area contributed by atoms with Gasteiger partial charge >= 0.3 is 76.6 Å². The Balaban J connectivity index is 2.46. The summed E-state index contributed by atoms with van der Waals surface area (Å²) in [6.45, 7) is 2.70. The number of rotatable bonds is 2. The van der Waals surface area contributed by atoms with E-state index in [0.29, 0.717) is 21.1 Å². The standard InChI is InChI=1S/C9H9NOSe/c1-2-11-7-3-4-9-8(5-7)10-6-12-9/h3-6H,2H2,1H3. The van der Waals surface area contributed by atoms with Crippen LogP contribution in [0.25, 0.3) is 9.78 Å². The van der Waals surface area contributed by atoms with Crippen LogP contribution in [0.5, 0.6) is 5.75 Å². The van der Waals surface area contributed by atoms with Crippen molar-refractivity contribution in [3.05, 3.63) is 23.3 Å². The number of fused-ring (bicyclic) bond motifs is 1. The number of hydrogen-bond acceptors (Lipinski definition) is 2. The van der Waals surface area contributed by atoms with Crippen molar-refractivity contribution < 1.29 is 4.74 Å². The molecule has 12 heavy (non-hydrogen) atoms. The van der Waals surface area contributed by atoms with Crippen LogP contribution in [0.15, 0.2) is 23.3 Å². The van der Waals surface area contributed by atoms with Crippen molar-refractivity contribution >= 4 is 24.3 Å². The van der Waals surface area contributed by atoms with Gasteiger partial charge in [0.25, 0.3) is 0 Å². The van der Waals surface area contributed by atoms with Gasteiger partial charge in [0.2, 0.25) is 0 Å². The molecular weight excluding hydrogens is 217 g/mol. The summed E-state index contributed by atoms with van der Waals surface area (Å²) in [7, 11) is 0. The van der Waals surface area contributed by atoms with Crippen LogP contribution in [0.4, 0.5) is 0 Å². The molecule has 2 aromatic rings. The molecule has 0 unspecified atom stereocenters. The second-order valence-corrected chi connectivity index (χ2v) is 4.27. The van der Waals surface area contributed by atoms with Crippen LogP contribution >= 0.6 is 0 Å². The van der Waals surface area contributed by atoms with Crippen molar-refractivity contribution in [1.29, 1.82) is 0 Å². The molecule has 0 aliphatic rings.